The van der Waals surface area contributed by atoms with E-state index in [-0.39, 0.29) is 36.9 Å². The van der Waals surface area contributed by atoms with E-state index in [1.54, 1.807) is 0 Å². The molecule has 24 nitrogen and oxygen atoms in total. The van der Waals surface area contributed by atoms with Gasteiger partial charge in [-0.15, -0.1) is 0 Å². The summed E-state index contributed by atoms with van der Waals surface area (Å²) in [6.45, 7) is 0. The summed E-state index contributed by atoms with van der Waals surface area (Å²) in [6, 6.07) is 0. The van der Waals surface area contributed by atoms with Gasteiger partial charge in [0, 0.05) is 0 Å². The summed E-state index contributed by atoms with van der Waals surface area (Å²) in [4.78, 5) is 0. The van der Waals surface area contributed by atoms with E-state index in [0.717, 1.165) is 0 Å². The van der Waals surface area contributed by atoms with Crippen LogP contribution in [0.3, 0.4) is 0 Å². The summed E-state index contributed by atoms with van der Waals surface area (Å²) in [7, 11) is 0. The Kier molecular flexibility index (Phi) is 69.7. The fourth-order valence-electron chi connectivity index (χ4n) is 0. The van der Waals surface area contributed by atoms with Crippen LogP contribution in [0.2, 0.25) is 0 Å². The molecule has 0 aromatic heterocycles. The third-order valence-electron chi connectivity index (χ3n) is 0. The van der Waals surface area contributed by atoms with Gasteiger partial charge < -0.3 is 36.9 Å². The molecule has 0 aromatic rings. The van der Waals surface area contributed by atoms with Gasteiger partial charge >= 0.3 is 190 Å². The first-order valence-electron chi connectivity index (χ1n) is 4.02. The monoisotopic (exact) mass is 1290 g/mol. The Hall–Kier alpha value is 1.44. The van der Waals surface area contributed by atoms with Crippen LogP contribution >= 0.6 is 0 Å². The molecule has 0 aliphatic carbocycles. The van der Waals surface area contributed by atoms with Crippen LogP contribution in [0.25, 0.3) is 0 Å². The minimum atomic E-state index is -6.02. The molecule has 24 N–H and O–H groups in total. The number of hydrogen-bond acceptors (Lipinski definition) is 18. The van der Waals surface area contributed by atoms with Crippen LogP contribution in [0.4, 0.5) is 17.4 Å². The van der Waals surface area contributed by atoms with Crippen molar-refractivity contribution in [1.82, 2.24) is 36.9 Å². The first-order chi connectivity index (χ1) is 12.0. The van der Waals surface area contributed by atoms with Crippen LogP contribution in [-0.2, 0) is 37.3 Å². The van der Waals surface area contributed by atoms with Gasteiger partial charge in [0.25, 0.3) is 0 Å². The average molecular weight is 1280 g/mol. The number of rotatable bonds is 0. The third-order valence-corrected chi connectivity index (χ3v) is 0. The summed E-state index contributed by atoms with van der Waals surface area (Å²) in [5.74, 6) is 0. The van der Waals surface area contributed by atoms with Gasteiger partial charge in [-0.05, 0) is 0 Å². The molecule has 36 heavy (non-hydrogen) atoms. The van der Waals surface area contributed by atoms with Gasteiger partial charge in [-0.25, -0.2) is 0 Å². The Morgan fingerprint density at radius 1 is 0.250 bits per heavy atom. The predicted octanol–water partition coefficient (Wildman–Crippen LogP) is -3.56. The molecule has 0 radical (unpaired) electrons. The number of hydrogen-bond donors (Lipinski definition) is 12. The second kappa shape index (κ2) is 32.6. The van der Waals surface area contributed by atoms with Crippen molar-refractivity contribution >= 4 is 115 Å². The van der Waals surface area contributed by atoms with E-state index in [4.69, 9.17) is 58.1 Å². The van der Waals surface area contributed by atoms with Crippen molar-refractivity contribution < 1.29 is 75.4 Å². The van der Waals surface area contributed by atoms with E-state index in [1.165, 1.54) is 0 Å². The second-order valence-electron chi connectivity index (χ2n) is 2.47. The average Bonchev–Trinajstić information content (AvgIpc) is 1.94. The Morgan fingerprint density at radius 2 is 0.250 bits per heavy atom. The molecule has 0 aromatic carbocycles. The molecule has 0 bridgehead atoms. The van der Waals surface area contributed by atoms with Gasteiger partial charge in [-0.2, -0.15) is 0 Å². The Morgan fingerprint density at radius 3 is 0.250 bits per heavy atom. The molecule has 0 rings (SSSR count). The van der Waals surface area contributed by atoms with E-state index in [9.17, 15) is 17.4 Å². The van der Waals surface area contributed by atoms with E-state index < -0.39 is 115 Å². The molecule has 0 fully saturated rings. The van der Waals surface area contributed by atoms with Crippen molar-refractivity contribution in [1.29, 1.82) is 0 Å². The SMILES string of the molecule is N.N.N.N.N.N.O=[Te](=O)(O)F.O=[Te](=O)(O)F.O=[Te](=O)(O)F.O=[Te](=O)(O)F.O=[Te](=O)(O)F.O=[Te](=O)(O)F. The van der Waals surface area contributed by atoms with E-state index in [1.807, 2.05) is 0 Å². The zero-order chi connectivity index (χ0) is 27.0. The van der Waals surface area contributed by atoms with Crippen molar-refractivity contribution in [2.24, 2.45) is 0 Å². The fraction of sp³-hybridized carbons (Fsp3) is 0. The zero-order valence-electron chi connectivity index (χ0n) is 16.5. The summed E-state index contributed by atoms with van der Waals surface area (Å²) < 4.78 is 207. The van der Waals surface area contributed by atoms with Crippen LogP contribution in [0, 0.1) is 0 Å². The van der Waals surface area contributed by atoms with Gasteiger partial charge in [0.2, 0.25) is 0 Å². The topological polar surface area (TPSA) is 536 Å². The quantitative estimate of drug-likeness (QED) is 0.0825. The molecular weight excluding hydrogens is 1250 g/mol. The van der Waals surface area contributed by atoms with Crippen LogP contribution in [0.5, 0.6) is 0 Å². The van der Waals surface area contributed by atoms with E-state index in [2.05, 4.69) is 0 Å². The van der Waals surface area contributed by atoms with Crippen molar-refractivity contribution in [2.75, 3.05) is 0 Å². The third kappa shape index (κ3) is 20300. The van der Waals surface area contributed by atoms with Gasteiger partial charge in [0.15, 0.2) is 0 Å². The van der Waals surface area contributed by atoms with Crippen LogP contribution in [0.15, 0.2) is 0 Å². The summed E-state index contributed by atoms with van der Waals surface area (Å²) in [6.07, 6.45) is 0. The molecule has 0 aliphatic rings. The molecule has 240 valence electrons. The molecule has 0 atom stereocenters. The van der Waals surface area contributed by atoms with Crippen molar-refractivity contribution in [3.05, 3.63) is 0 Å². The molecule has 0 heterocycles. The molecule has 0 spiro atoms. The molecular formula is H24F6N6O18Te6. The zero-order valence-corrected chi connectivity index (χ0v) is 30.5. The summed E-state index contributed by atoms with van der Waals surface area (Å²) >= 11 is -36.1. The Bertz CT molecular complexity index is 796. The maximum atomic E-state index is 10.3. The minimum absolute atomic E-state index is 0. The Labute approximate surface area is 224 Å². The molecule has 0 unspecified atom stereocenters. The van der Waals surface area contributed by atoms with Gasteiger partial charge in [-0.1, -0.05) is 0 Å². The van der Waals surface area contributed by atoms with Crippen LogP contribution < -0.4 is 36.9 Å². The van der Waals surface area contributed by atoms with Crippen molar-refractivity contribution in [3.8, 4) is 0 Å². The summed E-state index contributed by atoms with van der Waals surface area (Å²) in [5.41, 5.74) is 0. The summed E-state index contributed by atoms with van der Waals surface area (Å²) in [5, 5.41) is 0. The van der Waals surface area contributed by atoms with Gasteiger partial charge in [0.05, 0.1) is 0 Å². The molecule has 0 amide bonds. The normalized spacial score (nSPS) is 9.67. The van der Waals surface area contributed by atoms with E-state index >= 15 is 0 Å². The van der Waals surface area contributed by atoms with Crippen molar-refractivity contribution in [3.63, 3.8) is 0 Å². The predicted molar refractivity (Wildman–Crippen MR) is 92.9 cm³/mol. The van der Waals surface area contributed by atoms with E-state index in [0.29, 0.717) is 0 Å². The first-order valence-corrected chi connectivity index (χ1v) is 27.0. The van der Waals surface area contributed by atoms with Crippen LogP contribution in [0.1, 0.15) is 0 Å². The second-order valence-corrected chi connectivity index (χ2v) is 16.6. The first kappa shape index (κ1) is 76.8. The number of halogens is 6. The molecule has 0 aliphatic heterocycles. The van der Waals surface area contributed by atoms with Gasteiger partial charge in [-0.3, -0.25) is 0 Å². The molecule has 36 heteroatoms. The standard InChI is InChI=1S/6FHO3Te.6H3N/c6*1-5(2,3)4;;;;;;/h6*(H,2,3,4);6*1H3. The van der Waals surface area contributed by atoms with Crippen molar-refractivity contribution in [2.45, 2.75) is 0 Å². The molecule has 0 saturated carbocycles. The Balaban J connectivity index is -0.0000000186. The fourth-order valence-corrected chi connectivity index (χ4v) is 0. The van der Waals surface area contributed by atoms with Crippen LogP contribution in [-0.4, -0.2) is 136 Å². The van der Waals surface area contributed by atoms with Gasteiger partial charge in [0.1, 0.15) is 0 Å². The molecule has 0 saturated heterocycles. The maximum absolute atomic E-state index is 10.3.